The minimum Gasteiger partial charge on any atom is -0.385 e. The van der Waals surface area contributed by atoms with Gasteiger partial charge in [0.25, 0.3) is 0 Å². The van der Waals surface area contributed by atoms with Gasteiger partial charge in [0.1, 0.15) is 0 Å². The predicted octanol–water partition coefficient (Wildman–Crippen LogP) is 3.91. The van der Waals surface area contributed by atoms with Gasteiger partial charge in [-0.2, -0.15) is 0 Å². The maximum Gasteiger partial charge on any atom is 0.0372 e. The maximum absolute atomic E-state index is 3.50. The number of hydrogen-bond acceptors (Lipinski definition) is 2. The van der Waals surface area contributed by atoms with Crippen LogP contribution in [0.1, 0.15) is 44.2 Å². The lowest BCUT2D eigenvalue weighted by molar-refractivity contribution is 0.152. The van der Waals surface area contributed by atoms with Crippen LogP contribution in [0.3, 0.4) is 0 Å². The minimum atomic E-state index is 0.854. The molecule has 3 rings (SSSR count). The van der Waals surface area contributed by atoms with Crippen molar-refractivity contribution in [2.24, 2.45) is 11.8 Å². The van der Waals surface area contributed by atoms with E-state index in [1.165, 1.54) is 55.6 Å². The Bertz CT molecular complexity index is 445. The van der Waals surface area contributed by atoms with Crippen LogP contribution in [0.15, 0.2) is 18.2 Å². The van der Waals surface area contributed by atoms with Crippen LogP contribution < -0.4 is 5.32 Å². The first-order valence-corrected chi connectivity index (χ1v) is 8.30. The van der Waals surface area contributed by atoms with Crippen LogP contribution >= 0.6 is 0 Å². The van der Waals surface area contributed by atoms with Crippen molar-refractivity contribution >= 4 is 5.69 Å². The van der Waals surface area contributed by atoms with Crippen LogP contribution in [0.25, 0.3) is 0 Å². The van der Waals surface area contributed by atoms with Gasteiger partial charge >= 0.3 is 0 Å². The van der Waals surface area contributed by atoms with Crippen molar-refractivity contribution in [2.75, 3.05) is 25.0 Å². The van der Waals surface area contributed by atoms with Gasteiger partial charge in [0.2, 0.25) is 0 Å². The number of fused-ring (bicyclic) bond motifs is 1. The van der Waals surface area contributed by atoms with Gasteiger partial charge in [-0.15, -0.1) is 0 Å². The average Bonchev–Trinajstić information content (AvgIpc) is 2.48. The van der Waals surface area contributed by atoms with E-state index in [0.717, 1.165) is 24.9 Å². The molecule has 0 unspecified atom stereocenters. The number of rotatable bonds is 3. The lowest BCUT2D eigenvalue weighted by Crippen LogP contribution is -2.34. The molecule has 1 fully saturated rings. The Morgan fingerprint density at radius 2 is 2.05 bits per heavy atom. The molecule has 2 aliphatic rings. The van der Waals surface area contributed by atoms with E-state index in [4.69, 9.17) is 0 Å². The van der Waals surface area contributed by atoms with Gasteiger partial charge in [-0.3, -0.25) is 4.90 Å². The molecular formula is C18H28N2. The Labute approximate surface area is 123 Å². The summed E-state index contributed by atoms with van der Waals surface area (Å²) in [7, 11) is 0. The molecule has 0 amide bonds. The molecule has 1 aromatic carbocycles. The second-order valence-electron chi connectivity index (χ2n) is 6.88. The topological polar surface area (TPSA) is 15.3 Å². The number of aryl methyl sites for hydroxylation is 1. The summed E-state index contributed by atoms with van der Waals surface area (Å²) in [6, 6.07) is 7.02. The smallest absolute Gasteiger partial charge is 0.0372 e. The molecule has 0 aromatic heterocycles. The van der Waals surface area contributed by atoms with Gasteiger partial charge in [0, 0.05) is 18.8 Å². The lowest BCUT2D eigenvalue weighted by atomic mass is 9.86. The first-order valence-electron chi connectivity index (χ1n) is 8.30. The zero-order valence-electron chi connectivity index (χ0n) is 13.0. The third kappa shape index (κ3) is 3.17. The van der Waals surface area contributed by atoms with E-state index < -0.39 is 0 Å². The molecule has 0 spiro atoms. The van der Waals surface area contributed by atoms with Crippen molar-refractivity contribution in [1.29, 1.82) is 0 Å². The summed E-state index contributed by atoms with van der Waals surface area (Å²) < 4.78 is 0. The van der Waals surface area contributed by atoms with E-state index in [9.17, 15) is 0 Å². The number of piperidine rings is 1. The van der Waals surface area contributed by atoms with Gasteiger partial charge in [-0.05, 0) is 67.8 Å². The SMILES string of the molecule is CC(C)C1CCN(Cc2ccc3c(c2)CCCN3)CC1. The molecule has 0 saturated carbocycles. The number of nitrogens with zero attached hydrogens (tertiary/aromatic N) is 1. The quantitative estimate of drug-likeness (QED) is 0.897. The zero-order valence-corrected chi connectivity index (χ0v) is 13.0. The summed E-state index contributed by atoms with van der Waals surface area (Å²) in [4.78, 5) is 2.64. The molecule has 2 heterocycles. The van der Waals surface area contributed by atoms with Crippen molar-refractivity contribution in [1.82, 2.24) is 4.90 Å². The van der Waals surface area contributed by atoms with Crippen molar-refractivity contribution in [3.8, 4) is 0 Å². The second-order valence-corrected chi connectivity index (χ2v) is 6.88. The molecule has 0 bridgehead atoms. The third-order valence-electron chi connectivity index (χ3n) is 5.09. The first-order chi connectivity index (χ1) is 9.72. The summed E-state index contributed by atoms with van der Waals surface area (Å²) >= 11 is 0. The van der Waals surface area contributed by atoms with Crippen LogP contribution in [0.5, 0.6) is 0 Å². The van der Waals surface area contributed by atoms with E-state index in [2.05, 4.69) is 42.3 Å². The summed E-state index contributed by atoms with van der Waals surface area (Å²) in [5, 5.41) is 3.50. The number of hydrogen-bond donors (Lipinski definition) is 1. The molecule has 2 heteroatoms. The maximum atomic E-state index is 3.50. The Hall–Kier alpha value is -1.02. The van der Waals surface area contributed by atoms with Crippen molar-refractivity contribution < 1.29 is 0 Å². The molecule has 0 atom stereocenters. The minimum absolute atomic E-state index is 0.854. The fourth-order valence-electron chi connectivity index (χ4n) is 3.66. The van der Waals surface area contributed by atoms with E-state index in [-0.39, 0.29) is 0 Å². The van der Waals surface area contributed by atoms with E-state index in [1.54, 1.807) is 0 Å². The van der Waals surface area contributed by atoms with E-state index in [0.29, 0.717) is 0 Å². The van der Waals surface area contributed by atoms with Crippen LogP contribution in [-0.2, 0) is 13.0 Å². The van der Waals surface area contributed by atoms with Gasteiger partial charge in [-0.25, -0.2) is 0 Å². The highest BCUT2D eigenvalue weighted by molar-refractivity contribution is 5.54. The number of nitrogens with one attached hydrogen (secondary N) is 1. The summed E-state index contributed by atoms with van der Waals surface area (Å²) in [5.41, 5.74) is 4.37. The third-order valence-corrected chi connectivity index (χ3v) is 5.09. The summed E-state index contributed by atoms with van der Waals surface area (Å²) in [6.45, 7) is 9.57. The fraction of sp³-hybridized carbons (Fsp3) is 0.667. The molecule has 2 aliphatic heterocycles. The Morgan fingerprint density at radius 3 is 2.80 bits per heavy atom. The molecule has 110 valence electrons. The fourth-order valence-corrected chi connectivity index (χ4v) is 3.66. The molecule has 1 aromatic rings. The van der Waals surface area contributed by atoms with Gasteiger partial charge in [0.05, 0.1) is 0 Å². The van der Waals surface area contributed by atoms with E-state index in [1.807, 2.05) is 0 Å². The average molecular weight is 272 g/mol. The monoisotopic (exact) mass is 272 g/mol. The highest BCUT2D eigenvalue weighted by Crippen LogP contribution is 2.27. The number of benzene rings is 1. The molecular weight excluding hydrogens is 244 g/mol. The zero-order chi connectivity index (χ0) is 13.9. The van der Waals surface area contributed by atoms with Crippen LogP contribution in [0.2, 0.25) is 0 Å². The first kappa shape index (κ1) is 13.9. The summed E-state index contributed by atoms with van der Waals surface area (Å²) in [6.07, 6.45) is 5.27. The largest absolute Gasteiger partial charge is 0.385 e. The Morgan fingerprint density at radius 1 is 1.25 bits per heavy atom. The van der Waals surface area contributed by atoms with Crippen molar-refractivity contribution in [3.63, 3.8) is 0 Å². The molecule has 1 saturated heterocycles. The lowest BCUT2D eigenvalue weighted by Gasteiger charge is -2.34. The summed E-state index contributed by atoms with van der Waals surface area (Å²) in [5.74, 6) is 1.80. The second kappa shape index (κ2) is 6.17. The Balaban J connectivity index is 1.59. The highest BCUT2D eigenvalue weighted by atomic mass is 15.1. The standard InChI is InChI=1S/C18H28N2/c1-14(2)16-7-10-20(11-8-16)13-15-5-6-18-17(12-15)4-3-9-19-18/h5-6,12,14,16,19H,3-4,7-11,13H2,1-2H3. The van der Waals surface area contributed by atoms with Gasteiger partial charge in [-0.1, -0.05) is 26.0 Å². The molecule has 0 radical (unpaired) electrons. The van der Waals surface area contributed by atoms with Gasteiger partial charge < -0.3 is 5.32 Å². The van der Waals surface area contributed by atoms with Crippen LogP contribution in [-0.4, -0.2) is 24.5 Å². The molecule has 0 aliphatic carbocycles. The number of likely N-dealkylation sites (tertiary alicyclic amines) is 1. The Kier molecular flexibility index (Phi) is 4.30. The van der Waals surface area contributed by atoms with Crippen molar-refractivity contribution in [2.45, 2.75) is 46.1 Å². The molecule has 20 heavy (non-hydrogen) atoms. The van der Waals surface area contributed by atoms with Crippen LogP contribution in [0, 0.1) is 11.8 Å². The normalized spacial score (nSPS) is 20.8. The van der Waals surface area contributed by atoms with Crippen LogP contribution in [0.4, 0.5) is 5.69 Å². The van der Waals surface area contributed by atoms with Crippen molar-refractivity contribution in [3.05, 3.63) is 29.3 Å². The highest BCUT2D eigenvalue weighted by Gasteiger charge is 2.21. The number of anilines is 1. The predicted molar refractivity (Wildman–Crippen MR) is 86.1 cm³/mol. The molecule has 1 N–H and O–H groups in total. The van der Waals surface area contributed by atoms with E-state index >= 15 is 0 Å². The van der Waals surface area contributed by atoms with Gasteiger partial charge in [0.15, 0.2) is 0 Å². The molecule has 2 nitrogen and oxygen atoms in total.